The summed E-state index contributed by atoms with van der Waals surface area (Å²) >= 11 is 0. The van der Waals surface area contributed by atoms with Gasteiger partial charge in [0.15, 0.2) is 0 Å². The van der Waals surface area contributed by atoms with Crippen molar-refractivity contribution in [3.63, 3.8) is 0 Å². The Bertz CT molecular complexity index is 1010. The molecule has 0 fully saturated rings. The van der Waals surface area contributed by atoms with Crippen molar-refractivity contribution < 1.29 is 14.3 Å². The molecule has 178 valence electrons. The molecule has 7 heteroatoms. The molecule has 0 amide bonds. The number of aliphatic hydroxyl groups excluding tert-OH is 1. The Labute approximate surface area is 202 Å². The lowest BCUT2D eigenvalue weighted by atomic mass is 10.2. The summed E-state index contributed by atoms with van der Waals surface area (Å²) in [4.78, 5) is 2.80. The minimum absolute atomic E-state index is 0.0833. The molecular formula is C27H33N3O3Si. The number of aliphatic hydroxyl groups is 1. The highest BCUT2D eigenvalue weighted by Gasteiger charge is 2.50. The first kappa shape index (κ1) is 25.7. The molecule has 0 radical (unpaired) electrons. The molecule has 0 saturated heterocycles. The summed E-state index contributed by atoms with van der Waals surface area (Å²) in [6, 6.07) is 30.4. The van der Waals surface area contributed by atoms with E-state index in [2.05, 4.69) is 55.1 Å². The van der Waals surface area contributed by atoms with Crippen LogP contribution in [-0.2, 0) is 15.8 Å². The molecule has 3 aromatic rings. The zero-order chi connectivity index (χ0) is 24.4. The van der Waals surface area contributed by atoms with Crippen molar-refractivity contribution in [2.24, 2.45) is 5.11 Å². The van der Waals surface area contributed by atoms with E-state index >= 15 is 0 Å². The molecule has 0 saturated carbocycles. The first-order valence-corrected chi connectivity index (χ1v) is 13.4. The summed E-state index contributed by atoms with van der Waals surface area (Å²) in [5.41, 5.74) is 9.74. The first-order valence-electron chi connectivity index (χ1n) is 11.5. The van der Waals surface area contributed by atoms with Crippen LogP contribution in [0.4, 0.5) is 0 Å². The Morgan fingerprint density at radius 2 is 1.38 bits per heavy atom. The fraction of sp³-hybridized carbons (Fsp3) is 0.333. The fourth-order valence-corrected chi connectivity index (χ4v) is 8.82. The predicted molar refractivity (Wildman–Crippen MR) is 139 cm³/mol. The second kappa shape index (κ2) is 12.0. The molecular weight excluding hydrogens is 442 g/mol. The van der Waals surface area contributed by atoms with Gasteiger partial charge in [-0.25, -0.2) is 0 Å². The maximum absolute atomic E-state index is 10.8. The lowest BCUT2D eigenvalue weighted by Crippen LogP contribution is -2.67. The van der Waals surface area contributed by atoms with E-state index in [0.29, 0.717) is 6.61 Å². The minimum atomic E-state index is -2.79. The second-order valence-electron chi connectivity index (χ2n) is 9.29. The van der Waals surface area contributed by atoms with Crippen molar-refractivity contribution in [2.75, 3.05) is 13.2 Å². The Morgan fingerprint density at radius 3 is 1.85 bits per heavy atom. The van der Waals surface area contributed by atoms with Crippen LogP contribution in [0.3, 0.4) is 0 Å². The molecule has 3 rings (SSSR count). The van der Waals surface area contributed by atoms with Crippen molar-refractivity contribution in [2.45, 2.75) is 44.6 Å². The first-order chi connectivity index (χ1) is 16.4. The van der Waals surface area contributed by atoms with E-state index in [1.54, 1.807) is 0 Å². The standard InChI is InChI=1S/C27H33N3O3Si/c1-27(2,3)34(23-15-9-5-10-16-23,24-17-11-6-12-18-24)33-21-26(25(31)19-29-30-28)32-20-22-13-7-4-8-14-22/h4-18,25-26,31H,19-21H2,1-3H3/t25-,26-/m0/s1. The van der Waals surface area contributed by atoms with Crippen LogP contribution in [-0.4, -0.2) is 38.8 Å². The van der Waals surface area contributed by atoms with Crippen LogP contribution < -0.4 is 10.4 Å². The van der Waals surface area contributed by atoms with E-state index in [0.717, 1.165) is 15.9 Å². The van der Waals surface area contributed by atoms with Crippen LogP contribution in [0.5, 0.6) is 0 Å². The minimum Gasteiger partial charge on any atom is -0.405 e. The molecule has 0 spiro atoms. The van der Waals surface area contributed by atoms with Gasteiger partial charge in [0.25, 0.3) is 8.32 Å². The normalized spacial score (nSPS) is 13.6. The van der Waals surface area contributed by atoms with Gasteiger partial charge in [0.1, 0.15) is 6.10 Å². The largest absolute Gasteiger partial charge is 0.405 e. The third-order valence-electron chi connectivity index (χ3n) is 5.95. The third-order valence-corrected chi connectivity index (χ3v) is 11.0. The zero-order valence-electron chi connectivity index (χ0n) is 20.0. The maximum Gasteiger partial charge on any atom is 0.261 e. The highest BCUT2D eigenvalue weighted by molar-refractivity contribution is 6.99. The predicted octanol–water partition coefficient (Wildman–Crippen LogP) is 4.82. The number of rotatable bonds is 11. The topological polar surface area (TPSA) is 87.5 Å². The van der Waals surface area contributed by atoms with E-state index in [1.165, 1.54) is 0 Å². The molecule has 0 aliphatic carbocycles. The molecule has 0 aliphatic rings. The Hall–Kier alpha value is -2.93. The van der Waals surface area contributed by atoms with E-state index in [-0.39, 0.29) is 18.2 Å². The summed E-state index contributed by atoms with van der Waals surface area (Å²) in [7, 11) is -2.79. The van der Waals surface area contributed by atoms with Crippen molar-refractivity contribution in [1.29, 1.82) is 0 Å². The van der Waals surface area contributed by atoms with E-state index in [9.17, 15) is 5.11 Å². The van der Waals surface area contributed by atoms with Crippen LogP contribution in [0.2, 0.25) is 5.04 Å². The smallest absolute Gasteiger partial charge is 0.261 e. The zero-order valence-corrected chi connectivity index (χ0v) is 21.0. The number of azide groups is 1. The van der Waals surface area contributed by atoms with Gasteiger partial charge in [-0.1, -0.05) is 117 Å². The summed E-state index contributed by atoms with van der Waals surface area (Å²) in [5.74, 6) is 0. The summed E-state index contributed by atoms with van der Waals surface area (Å²) < 4.78 is 13.1. The van der Waals surface area contributed by atoms with Crippen LogP contribution in [0.1, 0.15) is 26.3 Å². The Kier molecular flexibility index (Phi) is 9.04. The summed E-state index contributed by atoms with van der Waals surface area (Å²) in [6.45, 7) is 7.02. The maximum atomic E-state index is 10.8. The average Bonchev–Trinajstić information content (AvgIpc) is 2.85. The average molecular weight is 476 g/mol. The van der Waals surface area contributed by atoms with Crippen molar-refractivity contribution in [1.82, 2.24) is 0 Å². The fourth-order valence-electron chi connectivity index (χ4n) is 4.25. The quantitative estimate of drug-likeness (QED) is 0.187. The lowest BCUT2D eigenvalue weighted by molar-refractivity contribution is -0.0636. The van der Waals surface area contributed by atoms with E-state index in [4.69, 9.17) is 14.7 Å². The van der Waals surface area contributed by atoms with Crippen molar-refractivity contribution >= 4 is 18.7 Å². The molecule has 0 heterocycles. The van der Waals surface area contributed by atoms with E-state index in [1.807, 2.05) is 66.7 Å². The summed E-state index contributed by atoms with van der Waals surface area (Å²) in [6.07, 6.45) is -1.65. The van der Waals surface area contributed by atoms with Crippen molar-refractivity contribution in [3.8, 4) is 0 Å². The molecule has 2 atom stereocenters. The van der Waals surface area contributed by atoms with E-state index < -0.39 is 20.5 Å². The van der Waals surface area contributed by atoms with Gasteiger partial charge in [0.05, 0.1) is 25.9 Å². The van der Waals surface area contributed by atoms with Gasteiger partial charge in [0.2, 0.25) is 0 Å². The lowest BCUT2D eigenvalue weighted by Gasteiger charge is -2.44. The highest BCUT2D eigenvalue weighted by atomic mass is 28.4. The van der Waals surface area contributed by atoms with Gasteiger partial charge >= 0.3 is 0 Å². The monoisotopic (exact) mass is 475 g/mol. The molecule has 1 N–H and O–H groups in total. The molecule has 0 bridgehead atoms. The van der Waals surface area contributed by atoms with Gasteiger partial charge in [-0.15, -0.1) is 0 Å². The van der Waals surface area contributed by atoms with Gasteiger partial charge < -0.3 is 14.3 Å². The number of nitrogens with zero attached hydrogens (tertiary/aromatic N) is 3. The molecule has 0 aliphatic heterocycles. The molecule has 34 heavy (non-hydrogen) atoms. The van der Waals surface area contributed by atoms with Gasteiger partial charge in [-0.2, -0.15) is 0 Å². The molecule has 6 nitrogen and oxygen atoms in total. The van der Waals surface area contributed by atoms with Crippen LogP contribution in [0, 0.1) is 0 Å². The van der Waals surface area contributed by atoms with Crippen LogP contribution in [0.25, 0.3) is 10.4 Å². The van der Waals surface area contributed by atoms with Crippen LogP contribution in [0.15, 0.2) is 96.1 Å². The molecule has 0 aromatic heterocycles. The third kappa shape index (κ3) is 6.14. The number of hydrogen-bond acceptors (Lipinski definition) is 4. The Morgan fingerprint density at radius 1 is 0.882 bits per heavy atom. The Balaban J connectivity index is 1.96. The SMILES string of the molecule is CC(C)(C)[Si](OC[C@H](OCc1ccccc1)[C@@H](O)CN=[N+]=[N-])(c1ccccc1)c1ccccc1. The number of ether oxygens (including phenoxy) is 1. The molecule has 0 unspecified atom stereocenters. The second-order valence-corrected chi connectivity index (χ2v) is 13.6. The van der Waals surface area contributed by atoms with Gasteiger partial charge in [-0.05, 0) is 26.5 Å². The summed E-state index contributed by atoms with van der Waals surface area (Å²) in [5, 5.41) is 16.5. The highest BCUT2D eigenvalue weighted by Crippen LogP contribution is 2.37. The number of hydrogen-bond donors (Lipinski definition) is 1. The molecule has 3 aromatic carbocycles. The van der Waals surface area contributed by atoms with Gasteiger partial charge in [0, 0.05) is 4.91 Å². The van der Waals surface area contributed by atoms with Crippen LogP contribution >= 0.6 is 0 Å². The number of benzene rings is 3. The van der Waals surface area contributed by atoms with Crippen molar-refractivity contribution in [3.05, 3.63) is 107 Å². The van der Waals surface area contributed by atoms with Gasteiger partial charge in [-0.3, -0.25) is 0 Å².